The quantitative estimate of drug-likeness (QED) is 0.381. The average Bonchev–Trinajstić information content (AvgIpc) is 3.31. The fraction of sp³-hybridized carbons (Fsp3) is 0.238. The van der Waals surface area contributed by atoms with E-state index in [1.54, 1.807) is 19.1 Å². The summed E-state index contributed by atoms with van der Waals surface area (Å²) in [6.07, 6.45) is -5.16. The SMILES string of the molecule is C[C@@H](c1ncnn1-c1ncccn1)N(C)c1c(C#N)cnc2c(C(F)(F)F)cc(C(F)(F)F)cc12. The van der Waals surface area contributed by atoms with Gasteiger partial charge in [0.2, 0.25) is 0 Å². The van der Waals surface area contributed by atoms with Gasteiger partial charge in [-0.25, -0.2) is 15.0 Å². The Morgan fingerprint density at radius 1 is 1.00 bits per heavy atom. The Hall–Kier alpha value is -4.28. The molecule has 0 saturated carbocycles. The molecule has 0 saturated heterocycles. The number of hydrogen-bond donors (Lipinski definition) is 0. The smallest absolute Gasteiger partial charge is 0.363 e. The summed E-state index contributed by atoms with van der Waals surface area (Å²) in [6, 6.07) is 3.16. The molecule has 0 aliphatic heterocycles. The summed E-state index contributed by atoms with van der Waals surface area (Å²) in [5, 5.41) is 13.2. The summed E-state index contributed by atoms with van der Waals surface area (Å²) in [6.45, 7) is 1.59. The van der Waals surface area contributed by atoms with Crippen molar-refractivity contribution in [2.45, 2.75) is 25.3 Å². The third kappa shape index (κ3) is 4.32. The summed E-state index contributed by atoms with van der Waals surface area (Å²) in [5.74, 6) is 0.384. The standard InChI is InChI=1S/C21H14F6N8/c1-11(18-32-10-33-35(18)19-29-4-3-5-30-19)34(2)17-12(8-28)9-31-16-14(17)6-13(20(22,23)24)7-15(16)21(25,26)27/h3-7,9-11H,1-2H3/t11-/m0/s1. The fourth-order valence-corrected chi connectivity index (χ4v) is 3.59. The number of nitriles is 1. The van der Waals surface area contributed by atoms with Crippen LogP contribution in [-0.4, -0.2) is 36.8 Å². The molecule has 1 aromatic carbocycles. The molecule has 4 aromatic rings. The van der Waals surface area contributed by atoms with Crippen LogP contribution in [-0.2, 0) is 12.4 Å². The number of rotatable bonds is 4. The lowest BCUT2D eigenvalue weighted by molar-refractivity contribution is -0.142. The van der Waals surface area contributed by atoms with Crippen LogP contribution in [0, 0.1) is 11.3 Å². The van der Waals surface area contributed by atoms with Gasteiger partial charge in [-0.15, -0.1) is 0 Å². The fourth-order valence-electron chi connectivity index (χ4n) is 3.59. The van der Waals surface area contributed by atoms with Gasteiger partial charge < -0.3 is 4.90 Å². The summed E-state index contributed by atoms with van der Waals surface area (Å²) >= 11 is 0. The molecule has 0 aliphatic carbocycles. The molecule has 8 nitrogen and oxygen atoms in total. The van der Waals surface area contributed by atoms with E-state index < -0.39 is 40.4 Å². The van der Waals surface area contributed by atoms with Crippen molar-refractivity contribution in [3.05, 3.63) is 65.6 Å². The highest BCUT2D eigenvalue weighted by Crippen LogP contribution is 2.43. The maximum absolute atomic E-state index is 13.7. The minimum atomic E-state index is -5.12. The molecule has 0 fully saturated rings. The predicted octanol–water partition coefficient (Wildman–Crippen LogP) is 4.71. The van der Waals surface area contributed by atoms with Gasteiger partial charge in [-0.3, -0.25) is 4.98 Å². The second-order valence-electron chi connectivity index (χ2n) is 7.41. The second kappa shape index (κ2) is 8.49. The molecular formula is C21H14F6N8. The summed E-state index contributed by atoms with van der Waals surface area (Å²) < 4.78 is 82.9. The number of nitrogens with zero attached hydrogens (tertiary/aromatic N) is 8. The number of anilines is 1. The second-order valence-corrected chi connectivity index (χ2v) is 7.41. The molecule has 3 aromatic heterocycles. The van der Waals surface area contributed by atoms with Crippen molar-refractivity contribution in [3.8, 4) is 12.0 Å². The number of benzene rings is 1. The third-order valence-corrected chi connectivity index (χ3v) is 5.32. The van der Waals surface area contributed by atoms with E-state index in [2.05, 4.69) is 25.0 Å². The van der Waals surface area contributed by atoms with Gasteiger partial charge in [0.1, 0.15) is 12.4 Å². The lowest BCUT2D eigenvalue weighted by atomic mass is 10.00. The minimum Gasteiger partial charge on any atom is -0.363 e. The molecule has 0 radical (unpaired) electrons. The largest absolute Gasteiger partial charge is 0.418 e. The first-order chi connectivity index (χ1) is 16.4. The Bertz CT molecular complexity index is 1420. The van der Waals surface area contributed by atoms with E-state index in [4.69, 9.17) is 0 Å². The van der Waals surface area contributed by atoms with E-state index in [-0.39, 0.29) is 29.1 Å². The molecule has 3 heterocycles. The van der Waals surface area contributed by atoms with E-state index >= 15 is 0 Å². The van der Waals surface area contributed by atoms with Crippen molar-refractivity contribution in [1.82, 2.24) is 29.7 Å². The molecule has 180 valence electrons. The summed E-state index contributed by atoms with van der Waals surface area (Å²) in [4.78, 5) is 17.3. The molecule has 0 bridgehead atoms. The van der Waals surface area contributed by atoms with E-state index in [1.165, 1.54) is 35.4 Å². The molecule has 0 amide bonds. The monoisotopic (exact) mass is 492 g/mol. The van der Waals surface area contributed by atoms with Gasteiger partial charge in [0.25, 0.3) is 5.95 Å². The zero-order valence-electron chi connectivity index (χ0n) is 18.0. The van der Waals surface area contributed by atoms with E-state index in [0.29, 0.717) is 6.07 Å². The molecule has 0 N–H and O–H groups in total. The lowest BCUT2D eigenvalue weighted by Crippen LogP contribution is -2.26. The number of pyridine rings is 1. The zero-order valence-corrected chi connectivity index (χ0v) is 18.0. The van der Waals surface area contributed by atoms with Crippen molar-refractivity contribution in [2.75, 3.05) is 11.9 Å². The van der Waals surface area contributed by atoms with Gasteiger partial charge in [-0.1, -0.05) is 0 Å². The molecule has 4 rings (SSSR count). The van der Waals surface area contributed by atoms with Crippen molar-refractivity contribution < 1.29 is 26.3 Å². The molecule has 0 spiro atoms. The molecule has 35 heavy (non-hydrogen) atoms. The van der Waals surface area contributed by atoms with Crippen LogP contribution in [0.4, 0.5) is 32.0 Å². The van der Waals surface area contributed by atoms with Gasteiger partial charge in [0.15, 0.2) is 5.82 Å². The molecular weight excluding hydrogens is 478 g/mol. The molecule has 0 aliphatic rings. The summed E-state index contributed by atoms with van der Waals surface area (Å²) in [7, 11) is 1.42. The number of alkyl halides is 6. The molecule has 14 heteroatoms. The van der Waals surface area contributed by atoms with Gasteiger partial charge in [0.05, 0.1) is 33.9 Å². The number of fused-ring (bicyclic) bond motifs is 1. The normalized spacial score (nSPS) is 13.0. The predicted molar refractivity (Wildman–Crippen MR) is 110 cm³/mol. The van der Waals surface area contributed by atoms with Crippen molar-refractivity contribution >= 4 is 16.6 Å². The van der Waals surface area contributed by atoms with Gasteiger partial charge in [-0.2, -0.15) is 41.4 Å². The number of aromatic nitrogens is 6. The number of halogens is 6. The maximum Gasteiger partial charge on any atom is 0.418 e. The molecule has 0 unspecified atom stereocenters. The lowest BCUT2D eigenvalue weighted by Gasteiger charge is -2.29. The Kier molecular flexibility index (Phi) is 5.79. The van der Waals surface area contributed by atoms with Crippen LogP contribution < -0.4 is 4.90 Å². The Balaban J connectivity index is 1.95. The van der Waals surface area contributed by atoms with E-state index in [0.717, 1.165) is 6.20 Å². The first-order valence-electron chi connectivity index (χ1n) is 9.85. The van der Waals surface area contributed by atoms with Crippen LogP contribution in [0.25, 0.3) is 16.9 Å². The highest BCUT2D eigenvalue weighted by atomic mass is 19.4. The molecule has 1 atom stereocenters. The van der Waals surface area contributed by atoms with Crippen LogP contribution in [0.5, 0.6) is 0 Å². The maximum atomic E-state index is 13.7. The highest BCUT2D eigenvalue weighted by Gasteiger charge is 2.39. The first kappa shape index (κ1) is 23.9. The van der Waals surface area contributed by atoms with Crippen molar-refractivity contribution in [2.24, 2.45) is 0 Å². The Morgan fingerprint density at radius 3 is 2.29 bits per heavy atom. The van der Waals surface area contributed by atoms with Gasteiger partial charge in [0, 0.05) is 31.0 Å². The van der Waals surface area contributed by atoms with Crippen molar-refractivity contribution in [3.63, 3.8) is 0 Å². The van der Waals surface area contributed by atoms with Gasteiger partial charge in [-0.05, 0) is 25.1 Å². The average molecular weight is 492 g/mol. The van der Waals surface area contributed by atoms with Crippen LogP contribution in [0.3, 0.4) is 0 Å². The van der Waals surface area contributed by atoms with Crippen LogP contribution in [0.1, 0.15) is 35.5 Å². The van der Waals surface area contributed by atoms with Crippen LogP contribution >= 0.6 is 0 Å². The van der Waals surface area contributed by atoms with E-state index in [1.807, 2.05) is 0 Å². The minimum absolute atomic E-state index is 0.0119. The van der Waals surface area contributed by atoms with Crippen molar-refractivity contribution in [1.29, 1.82) is 5.26 Å². The first-order valence-corrected chi connectivity index (χ1v) is 9.85. The summed E-state index contributed by atoms with van der Waals surface area (Å²) in [5.41, 5.74) is -4.19. The van der Waals surface area contributed by atoms with Crippen LogP contribution in [0.2, 0.25) is 0 Å². The van der Waals surface area contributed by atoms with Gasteiger partial charge >= 0.3 is 12.4 Å². The Morgan fingerprint density at radius 2 is 1.69 bits per heavy atom. The highest BCUT2D eigenvalue weighted by molar-refractivity contribution is 5.97. The van der Waals surface area contributed by atoms with E-state index in [9.17, 15) is 31.6 Å². The van der Waals surface area contributed by atoms with Crippen LogP contribution in [0.15, 0.2) is 43.1 Å². The third-order valence-electron chi connectivity index (χ3n) is 5.32. The topological polar surface area (TPSA) is 96.4 Å². The number of hydrogen-bond acceptors (Lipinski definition) is 7. The Labute approximate surface area is 193 Å². The zero-order chi connectivity index (χ0) is 25.5.